The Morgan fingerprint density at radius 2 is 2.03 bits per heavy atom. The van der Waals surface area contributed by atoms with E-state index in [4.69, 9.17) is 16.6 Å². The lowest BCUT2D eigenvalue weighted by atomic mass is 10.1. The Labute approximate surface area is 194 Å². The van der Waals surface area contributed by atoms with E-state index in [0.717, 1.165) is 45.9 Å². The molecular weight excluding hydrogens is 418 g/mol. The van der Waals surface area contributed by atoms with E-state index in [1.54, 1.807) is 0 Å². The number of fused-ring (bicyclic) bond motifs is 3. The second-order valence-electron chi connectivity index (χ2n) is 9.64. The highest BCUT2D eigenvalue weighted by atomic mass is 35.5. The van der Waals surface area contributed by atoms with Gasteiger partial charge in [0.25, 0.3) is 5.96 Å². The van der Waals surface area contributed by atoms with Crippen LogP contribution in [-0.4, -0.2) is 37.1 Å². The molecule has 2 aromatic rings. The number of halogens is 1. The van der Waals surface area contributed by atoms with Crippen LogP contribution >= 0.6 is 11.6 Å². The van der Waals surface area contributed by atoms with Crippen molar-refractivity contribution in [1.29, 1.82) is 0 Å². The van der Waals surface area contributed by atoms with E-state index in [9.17, 15) is 0 Å². The normalized spacial score (nSPS) is 20.0. The van der Waals surface area contributed by atoms with Gasteiger partial charge in [0, 0.05) is 40.8 Å². The van der Waals surface area contributed by atoms with Crippen LogP contribution in [0.3, 0.4) is 0 Å². The van der Waals surface area contributed by atoms with Gasteiger partial charge >= 0.3 is 0 Å². The van der Waals surface area contributed by atoms with Crippen molar-refractivity contribution in [1.82, 2.24) is 5.01 Å². The van der Waals surface area contributed by atoms with Crippen molar-refractivity contribution in [2.75, 3.05) is 30.1 Å². The first-order chi connectivity index (χ1) is 15.5. The van der Waals surface area contributed by atoms with Crippen molar-refractivity contribution < 1.29 is 0 Å². The molecule has 0 amide bonds. The molecule has 0 N–H and O–H groups in total. The van der Waals surface area contributed by atoms with E-state index < -0.39 is 0 Å². The number of hydrazone groups is 1. The van der Waals surface area contributed by atoms with Crippen LogP contribution in [-0.2, 0) is 0 Å². The number of guanidine groups is 1. The van der Waals surface area contributed by atoms with E-state index in [1.807, 2.05) is 24.2 Å². The smallest absolute Gasteiger partial charge is 0.250 e. The van der Waals surface area contributed by atoms with E-state index in [1.165, 1.54) is 25.7 Å². The van der Waals surface area contributed by atoms with Crippen LogP contribution in [0.1, 0.15) is 43.7 Å². The van der Waals surface area contributed by atoms with Crippen molar-refractivity contribution in [3.05, 3.63) is 58.6 Å². The first-order valence-electron chi connectivity index (χ1n) is 11.3. The third-order valence-electron chi connectivity index (χ3n) is 6.60. The van der Waals surface area contributed by atoms with Gasteiger partial charge < -0.3 is 4.90 Å². The molecule has 0 atom stereocenters. The van der Waals surface area contributed by atoms with Crippen molar-refractivity contribution in [3.63, 3.8) is 0 Å². The van der Waals surface area contributed by atoms with E-state index in [2.05, 4.69) is 64.0 Å². The van der Waals surface area contributed by atoms with Crippen molar-refractivity contribution in [3.8, 4) is 11.8 Å². The Bertz CT molecular complexity index is 1210. The van der Waals surface area contributed by atoms with Gasteiger partial charge in [0.1, 0.15) is 12.5 Å². The second kappa shape index (κ2) is 7.28. The van der Waals surface area contributed by atoms with Crippen LogP contribution in [0.5, 0.6) is 0 Å². The zero-order valence-electron chi connectivity index (χ0n) is 18.5. The lowest BCUT2D eigenvalue weighted by molar-refractivity contribution is 0.393. The Balaban J connectivity index is 1.44. The van der Waals surface area contributed by atoms with Crippen molar-refractivity contribution in [2.24, 2.45) is 21.4 Å². The van der Waals surface area contributed by atoms with E-state index >= 15 is 0 Å². The molecule has 0 bridgehead atoms. The number of anilines is 2. The molecule has 6 heteroatoms. The molecule has 0 radical (unpaired) electrons. The maximum absolute atomic E-state index is 6.39. The summed E-state index contributed by atoms with van der Waals surface area (Å²) in [5, 5.41) is 7.27. The van der Waals surface area contributed by atoms with Gasteiger partial charge in [-0.25, -0.2) is 0 Å². The largest absolute Gasteiger partial charge is 0.325 e. The fraction of sp³-hybridized carbons (Fsp3) is 0.385. The van der Waals surface area contributed by atoms with Crippen LogP contribution in [0.2, 0.25) is 5.02 Å². The van der Waals surface area contributed by atoms with Gasteiger partial charge in [-0.05, 0) is 74.9 Å². The zero-order chi connectivity index (χ0) is 21.9. The molecule has 32 heavy (non-hydrogen) atoms. The van der Waals surface area contributed by atoms with Crippen LogP contribution < -0.4 is 9.80 Å². The average molecular weight is 444 g/mol. The minimum Gasteiger partial charge on any atom is -0.325 e. The van der Waals surface area contributed by atoms with E-state index in [0.29, 0.717) is 12.6 Å². The average Bonchev–Trinajstić information content (AvgIpc) is 3.70. The zero-order valence-corrected chi connectivity index (χ0v) is 19.2. The van der Waals surface area contributed by atoms with Crippen LogP contribution in [0, 0.1) is 23.2 Å². The second-order valence-corrected chi connectivity index (χ2v) is 10.1. The summed E-state index contributed by atoms with van der Waals surface area (Å²) in [5.74, 6) is 9.22. The SMILES string of the molecule is CN1CN2C(=N1)N=C(N(CC1CC1)c1cccc(C#CC3(C)CC3)c1)c1ccc(Cl)cc12. The van der Waals surface area contributed by atoms with Gasteiger partial charge in [0.2, 0.25) is 0 Å². The molecule has 162 valence electrons. The summed E-state index contributed by atoms with van der Waals surface area (Å²) in [5.41, 5.74) is 4.55. The topological polar surface area (TPSA) is 34.4 Å². The summed E-state index contributed by atoms with van der Waals surface area (Å²) >= 11 is 6.39. The Morgan fingerprint density at radius 3 is 2.81 bits per heavy atom. The van der Waals surface area contributed by atoms with Crippen LogP contribution in [0.25, 0.3) is 0 Å². The minimum absolute atomic E-state index is 0.214. The number of amidine groups is 1. The molecule has 6 rings (SSSR count). The molecule has 2 fully saturated rings. The summed E-state index contributed by atoms with van der Waals surface area (Å²) in [6.07, 6.45) is 4.95. The molecule has 2 aliphatic heterocycles. The summed E-state index contributed by atoms with van der Waals surface area (Å²) in [7, 11) is 1.97. The maximum atomic E-state index is 6.39. The first kappa shape index (κ1) is 19.7. The Morgan fingerprint density at radius 1 is 1.19 bits per heavy atom. The molecule has 4 aliphatic rings. The lowest BCUT2D eigenvalue weighted by Gasteiger charge is -2.33. The van der Waals surface area contributed by atoms with Crippen molar-refractivity contribution in [2.45, 2.75) is 32.6 Å². The molecule has 0 aromatic heterocycles. The number of hydrogen-bond acceptors (Lipinski definition) is 5. The number of nitrogens with zero attached hydrogens (tertiary/aromatic N) is 5. The third kappa shape index (κ3) is 3.73. The maximum Gasteiger partial charge on any atom is 0.250 e. The number of benzene rings is 2. The highest BCUT2D eigenvalue weighted by Crippen LogP contribution is 2.44. The summed E-state index contributed by atoms with van der Waals surface area (Å²) in [6, 6.07) is 14.6. The lowest BCUT2D eigenvalue weighted by Crippen LogP contribution is -2.41. The fourth-order valence-corrected chi connectivity index (χ4v) is 4.38. The van der Waals surface area contributed by atoms with Gasteiger partial charge in [-0.3, -0.25) is 9.91 Å². The van der Waals surface area contributed by atoms with Gasteiger partial charge in [-0.1, -0.05) is 29.5 Å². The monoisotopic (exact) mass is 443 g/mol. The molecule has 2 aromatic carbocycles. The van der Waals surface area contributed by atoms with Crippen molar-refractivity contribution >= 4 is 34.8 Å². The third-order valence-corrected chi connectivity index (χ3v) is 6.84. The standard InChI is InChI=1S/C26H26ClN5/c1-26(12-13-26)11-10-18-4-3-5-21(14-18)31(16-19-6-7-19)24-22-9-8-20(27)15-23(22)32-17-30(2)29-25(32)28-24/h3-5,8-9,14-15,19H,6-7,12-13,16-17H2,1-2H3. The minimum atomic E-state index is 0.214. The summed E-state index contributed by atoms with van der Waals surface area (Å²) < 4.78 is 0. The Hall–Kier alpha value is -2.97. The molecular formula is C26H26ClN5. The van der Waals surface area contributed by atoms with Gasteiger partial charge in [-0.2, -0.15) is 4.99 Å². The summed E-state index contributed by atoms with van der Waals surface area (Å²) in [6.45, 7) is 3.86. The highest BCUT2D eigenvalue weighted by molar-refractivity contribution is 6.32. The van der Waals surface area contributed by atoms with Crippen LogP contribution in [0.4, 0.5) is 11.4 Å². The van der Waals surface area contributed by atoms with E-state index in [-0.39, 0.29) is 5.41 Å². The Kier molecular flexibility index (Phi) is 4.48. The fourth-order valence-electron chi connectivity index (χ4n) is 4.21. The van der Waals surface area contributed by atoms with Gasteiger partial charge in [0.15, 0.2) is 0 Å². The number of aliphatic imine (C=N–C) groups is 1. The van der Waals surface area contributed by atoms with Crippen LogP contribution in [0.15, 0.2) is 52.6 Å². The first-order valence-corrected chi connectivity index (χ1v) is 11.7. The molecule has 0 spiro atoms. The summed E-state index contributed by atoms with van der Waals surface area (Å²) in [4.78, 5) is 9.52. The molecule has 2 heterocycles. The molecule has 2 saturated carbocycles. The number of rotatable bonds is 3. The predicted octanol–water partition coefficient (Wildman–Crippen LogP) is 5.15. The highest BCUT2D eigenvalue weighted by Gasteiger charge is 2.36. The van der Waals surface area contributed by atoms with Gasteiger partial charge in [-0.15, -0.1) is 5.10 Å². The number of hydrogen-bond donors (Lipinski definition) is 0. The predicted molar refractivity (Wildman–Crippen MR) is 131 cm³/mol. The molecule has 0 unspecified atom stereocenters. The molecule has 0 saturated heterocycles. The quantitative estimate of drug-likeness (QED) is 0.615. The van der Waals surface area contributed by atoms with Gasteiger partial charge in [0.05, 0.1) is 5.69 Å². The molecule has 2 aliphatic carbocycles. The molecule has 5 nitrogen and oxygen atoms in total.